The fourth-order valence-corrected chi connectivity index (χ4v) is 1.97. The van der Waals surface area contributed by atoms with Crippen LogP contribution in [-0.4, -0.2) is 19.4 Å². The second kappa shape index (κ2) is 5.48. The van der Waals surface area contributed by atoms with Crippen molar-refractivity contribution in [1.82, 2.24) is 0 Å². The SMILES string of the molecule is COC(=O)c1ccc(C=O)cc1-c1cccc(C)c1. The van der Waals surface area contributed by atoms with Gasteiger partial charge in [-0.25, -0.2) is 4.79 Å². The van der Waals surface area contributed by atoms with Gasteiger partial charge in [-0.05, 0) is 30.2 Å². The molecule has 0 saturated heterocycles. The number of hydrogen-bond acceptors (Lipinski definition) is 3. The zero-order valence-electron chi connectivity index (χ0n) is 10.8. The number of hydrogen-bond donors (Lipinski definition) is 0. The van der Waals surface area contributed by atoms with Crippen molar-refractivity contribution in [3.63, 3.8) is 0 Å². The van der Waals surface area contributed by atoms with Gasteiger partial charge in [0.1, 0.15) is 6.29 Å². The molecule has 0 spiro atoms. The molecule has 0 fully saturated rings. The molecule has 96 valence electrons. The van der Waals surface area contributed by atoms with E-state index in [1.165, 1.54) is 7.11 Å². The van der Waals surface area contributed by atoms with Gasteiger partial charge in [0.2, 0.25) is 0 Å². The van der Waals surface area contributed by atoms with Crippen molar-refractivity contribution < 1.29 is 14.3 Å². The maximum Gasteiger partial charge on any atom is 0.338 e. The van der Waals surface area contributed by atoms with Crippen LogP contribution in [0.25, 0.3) is 11.1 Å². The maximum absolute atomic E-state index is 11.8. The van der Waals surface area contributed by atoms with Crippen LogP contribution in [0.5, 0.6) is 0 Å². The molecule has 0 unspecified atom stereocenters. The van der Waals surface area contributed by atoms with Crippen LogP contribution in [0.15, 0.2) is 42.5 Å². The number of esters is 1. The summed E-state index contributed by atoms with van der Waals surface area (Å²) in [5.41, 5.74) is 3.68. The lowest BCUT2D eigenvalue weighted by molar-refractivity contribution is 0.0601. The zero-order chi connectivity index (χ0) is 13.8. The van der Waals surface area contributed by atoms with Crippen LogP contribution >= 0.6 is 0 Å². The predicted octanol–water partition coefficient (Wildman–Crippen LogP) is 3.26. The topological polar surface area (TPSA) is 43.4 Å². The normalized spacial score (nSPS) is 10.0. The van der Waals surface area contributed by atoms with E-state index in [-0.39, 0.29) is 0 Å². The maximum atomic E-state index is 11.8. The predicted molar refractivity (Wildman–Crippen MR) is 73.3 cm³/mol. The fraction of sp³-hybridized carbons (Fsp3) is 0.125. The van der Waals surface area contributed by atoms with Gasteiger partial charge in [-0.1, -0.05) is 35.9 Å². The summed E-state index contributed by atoms with van der Waals surface area (Å²) in [6.45, 7) is 1.98. The van der Waals surface area contributed by atoms with Crippen molar-refractivity contribution in [3.05, 3.63) is 59.2 Å². The number of carbonyl (C=O) groups is 2. The minimum absolute atomic E-state index is 0.408. The molecule has 2 aromatic rings. The number of aryl methyl sites for hydroxylation is 1. The highest BCUT2D eigenvalue weighted by Crippen LogP contribution is 2.26. The molecule has 0 amide bonds. The van der Waals surface area contributed by atoms with Gasteiger partial charge in [0.25, 0.3) is 0 Å². The Morgan fingerprint density at radius 1 is 1.16 bits per heavy atom. The highest BCUT2D eigenvalue weighted by atomic mass is 16.5. The van der Waals surface area contributed by atoms with Crippen LogP contribution in [0.1, 0.15) is 26.3 Å². The first kappa shape index (κ1) is 13.0. The van der Waals surface area contributed by atoms with Crippen molar-refractivity contribution in [2.45, 2.75) is 6.92 Å². The Morgan fingerprint density at radius 3 is 2.58 bits per heavy atom. The van der Waals surface area contributed by atoms with Crippen LogP contribution in [0.3, 0.4) is 0 Å². The molecule has 0 aliphatic heterocycles. The lowest BCUT2D eigenvalue weighted by atomic mass is 9.96. The van der Waals surface area contributed by atoms with Gasteiger partial charge >= 0.3 is 5.97 Å². The van der Waals surface area contributed by atoms with Gasteiger partial charge in [-0.2, -0.15) is 0 Å². The number of rotatable bonds is 3. The molecule has 0 aliphatic carbocycles. The van der Waals surface area contributed by atoms with E-state index < -0.39 is 5.97 Å². The number of carbonyl (C=O) groups excluding carboxylic acids is 2. The van der Waals surface area contributed by atoms with E-state index in [2.05, 4.69) is 0 Å². The molecule has 3 heteroatoms. The Hall–Kier alpha value is -2.42. The molecule has 0 aromatic heterocycles. The fourth-order valence-electron chi connectivity index (χ4n) is 1.97. The quantitative estimate of drug-likeness (QED) is 0.623. The van der Waals surface area contributed by atoms with E-state index in [1.54, 1.807) is 18.2 Å². The Morgan fingerprint density at radius 2 is 1.95 bits per heavy atom. The Balaban J connectivity index is 2.64. The van der Waals surface area contributed by atoms with Gasteiger partial charge in [-0.15, -0.1) is 0 Å². The number of benzene rings is 2. The summed E-state index contributed by atoms with van der Waals surface area (Å²) in [5, 5.41) is 0. The van der Waals surface area contributed by atoms with Crippen molar-refractivity contribution in [1.29, 1.82) is 0 Å². The molecule has 0 bridgehead atoms. The Labute approximate surface area is 111 Å². The molecule has 3 nitrogen and oxygen atoms in total. The molecular formula is C16H14O3. The summed E-state index contributed by atoms with van der Waals surface area (Å²) < 4.78 is 4.77. The summed E-state index contributed by atoms with van der Waals surface area (Å²) in [7, 11) is 1.34. The molecular weight excluding hydrogens is 240 g/mol. The van der Waals surface area contributed by atoms with E-state index in [0.29, 0.717) is 16.7 Å². The summed E-state index contributed by atoms with van der Waals surface area (Å²) in [6, 6.07) is 12.7. The third-order valence-corrected chi connectivity index (χ3v) is 2.91. The van der Waals surface area contributed by atoms with Crippen molar-refractivity contribution in [3.8, 4) is 11.1 Å². The molecule has 2 rings (SSSR count). The summed E-state index contributed by atoms with van der Waals surface area (Å²) >= 11 is 0. The molecule has 19 heavy (non-hydrogen) atoms. The van der Waals surface area contributed by atoms with Gasteiger partial charge in [0, 0.05) is 5.56 Å². The smallest absolute Gasteiger partial charge is 0.338 e. The third kappa shape index (κ3) is 2.71. The van der Waals surface area contributed by atoms with E-state index >= 15 is 0 Å². The van der Waals surface area contributed by atoms with E-state index in [0.717, 1.165) is 17.4 Å². The van der Waals surface area contributed by atoms with E-state index in [9.17, 15) is 9.59 Å². The van der Waals surface area contributed by atoms with Crippen LogP contribution < -0.4 is 0 Å². The molecule has 0 radical (unpaired) electrons. The van der Waals surface area contributed by atoms with Gasteiger partial charge in [0.05, 0.1) is 12.7 Å². The van der Waals surface area contributed by atoms with Crippen molar-refractivity contribution in [2.24, 2.45) is 0 Å². The molecule has 0 atom stereocenters. The first-order chi connectivity index (χ1) is 9.15. The second-order valence-corrected chi connectivity index (χ2v) is 4.28. The molecule has 0 N–H and O–H groups in total. The first-order valence-corrected chi connectivity index (χ1v) is 5.90. The number of methoxy groups -OCH3 is 1. The largest absolute Gasteiger partial charge is 0.465 e. The lowest BCUT2D eigenvalue weighted by Crippen LogP contribution is -2.04. The van der Waals surface area contributed by atoms with Crippen molar-refractivity contribution >= 4 is 12.3 Å². The minimum Gasteiger partial charge on any atom is -0.465 e. The van der Waals surface area contributed by atoms with Crippen LogP contribution in [0.2, 0.25) is 0 Å². The first-order valence-electron chi connectivity index (χ1n) is 5.90. The molecule has 0 saturated carbocycles. The van der Waals surface area contributed by atoms with E-state index in [4.69, 9.17) is 4.74 Å². The van der Waals surface area contributed by atoms with Crippen LogP contribution in [-0.2, 0) is 4.74 Å². The number of aldehydes is 1. The molecule has 2 aromatic carbocycles. The second-order valence-electron chi connectivity index (χ2n) is 4.28. The zero-order valence-corrected chi connectivity index (χ0v) is 10.8. The summed E-state index contributed by atoms with van der Waals surface area (Å²) in [5.74, 6) is -0.408. The van der Waals surface area contributed by atoms with Gasteiger partial charge in [0.15, 0.2) is 0 Å². The average Bonchev–Trinajstić information content (AvgIpc) is 2.45. The Bertz CT molecular complexity index is 630. The van der Waals surface area contributed by atoms with Crippen LogP contribution in [0, 0.1) is 6.92 Å². The third-order valence-electron chi connectivity index (χ3n) is 2.91. The van der Waals surface area contributed by atoms with Crippen LogP contribution in [0.4, 0.5) is 0 Å². The highest BCUT2D eigenvalue weighted by molar-refractivity contribution is 5.98. The summed E-state index contributed by atoms with van der Waals surface area (Å²) in [4.78, 5) is 22.7. The molecule has 0 heterocycles. The molecule has 0 aliphatic rings. The summed E-state index contributed by atoms with van der Waals surface area (Å²) in [6.07, 6.45) is 0.764. The lowest BCUT2D eigenvalue weighted by Gasteiger charge is -2.09. The van der Waals surface area contributed by atoms with Gasteiger partial charge < -0.3 is 4.74 Å². The van der Waals surface area contributed by atoms with Crippen molar-refractivity contribution in [2.75, 3.05) is 7.11 Å². The minimum atomic E-state index is -0.408. The monoisotopic (exact) mass is 254 g/mol. The number of ether oxygens (including phenoxy) is 1. The van der Waals surface area contributed by atoms with E-state index in [1.807, 2.05) is 31.2 Å². The van der Waals surface area contributed by atoms with Gasteiger partial charge in [-0.3, -0.25) is 4.79 Å². The average molecular weight is 254 g/mol. The standard InChI is InChI=1S/C16H14O3/c1-11-4-3-5-13(8-11)15-9-12(10-17)6-7-14(15)16(18)19-2/h3-10H,1-2H3. The highest BCUT2D eigenvalue weighted by Gasteiger charge is 2.13. The Kier molecular flexibility index (Phi) is 3.76.